The summed E-state index contributed by atoms with van der Waals surface area (Å²) in [4.78, 5) is 0. The molecule has 0 aliphatic carbocycles. The van der Waals surface area contributed by atoms with Crippen LogP contribution in [0, 0.1) is 0 Å². The maximum absolute atomic E-state index is 4.93. The van der Waals surface area contributed by atoms with Crippen molar-refractivity contribution in [3.63, 3.8) is 0 Å². The van der Waals surface area contributed by atoms with Crippen LogP contribution in [-0.2, 0) is 11.3 Å². The van der Waals surface area contributed by atoms with Gasteiger partial charge in [-0.15, -0.1) is 0 Å². The minimum Gasteiger partial charge on any atom is -0.380 e. The summed E-state index contributed by atoms with van der Waals surface area (Å²) in [6.45, 7) is 0.709. The fourth-order valence-electron chi connectivity index (χ4n) is 0.741. The summed E-state index contributed by atoms with van der Waals surface area (Å²) >= 11 is 0. The molecule has 11 heavy (non-hydrogen) atoms. The van der Waals surface area contributed by atoms with Gasteiger partial charge in [0.05, 0.1) is 6.61 Å². The summed E-state index contributed by atoms with van der Waals surface area (Å²) in [5.74, 6) is 0. The molecule has 2 nitrogen and oxygen atoms in total. The molecule has 0 saturated heterocycles. The Hall–Kier alpha value is -0.860. The van der Waals surface area contributed by atoms with Gasteiger partial charge in [0.2, 0.25) is 0 Å². The molecule has 0 aliphatic rings. The molecule has 0 unspecified atom stereocenters. The number of benzene rings is 1. The third-order valence-corrected chi connectivity index (χ3v) is 1.15. The highest BCUT2D eigenvalue weighted by molar-refractivity contribution is 5.13. The van der Waals surface area contributed by atoms with Gasteiger partial charge in [-0.2, -0.15) is 0 Å². The molecular formula is C9H15NO. The lowest BCUT2D eigenvalue weighted by Crippen LogP contribution is -1.84. The Morgan fingerprint density at radius 2 is 1.73 bits per heavy atom. The quantitative estimate of drug-likeness (QED) is 0.697. The van der Waals surface area contributed by atoms with Crippen molar-refractivity contribution in [3.8, 4) is 0 Å². The number of methoxy groups -OCH3 is 1. The fraction of sp³-hybridized carbons (Fsp3) is 0.333. The molecule has 0 heterocycles. The van der Waals surface area contributed by atoms with Gasteiger partial charge in [0.25, 0.3) is 0 Å². The molecular weight excluding hydrogens is 138 g/mol. The normalized spacial score (nSPS) is 8.27. The summed E-state index contributed by atoms with van der Waals surface area (Å²) < 4.78 is 4.93. The molecule has 0 fully saturated rings. The van der Waals surface area contributed by atoms with Gasteiger partial charge in [0, 0.05) is 7.11 Å². The average molecular weight is 153 g/mol. The first kappa shape index (κ1) is 10.1. The van der Waals surface area contributed by atoms with Gasteiger partial charge in [-0.1, -0.05) is 30.3 Å². The fourth-order valence-corrected chi connectivity index (χ4v) is 0.741. The van der Waals surface area contributed by atoms with Gasteiger partial charge in [0.1, 0.15) is 0 Å². The Morgan fingerprint density at radius 1 is 1.18 bits per heavy atom. The van der Waals surface area contributed by atoms with Crippen LogP contribution in [0.5, 0.6) is 0 Å². The molecule has 0 bridgehead atoms. The molecule has 2 N–H and O–H groups in total. The average Bonchev–Trinajstić information content (AvgIpc) is 2.11. The molecule has 0 aromatic heterocycles. The van der Waals surface area contributed by atoms with Crippen molar-refractivity contribution >= 4 is 0 Å². The highest BCUT2D eigenvalue weighted by Crippen LogP contribution is 1.98. The third-order valence-electron chi connectivity index (χ3n) is 1.15. The van der Waals surface area contributed by atoms with Gasteiger partial charge >= 0.3 is 0 Å². The van der Waals surface area contributed by atoms with Crippen molar-refractivity contribution in [3.05, 3.63) is 35.9 Å². The maximum Gasteiger partial charge on any atom is 0.0713 e. The van der Waals surface area contributed by atoms with Gasteiger partial charge in [-0.3, -0.25) is 0 Å². The number of rotatable bonds is 2. The molecule has 1 rings (SSSR count). The number of ether oxygens (including phenoxy) is 1. The Bertz CT molecular complexity index is 162. The lowest BCUT2D eigenvalue weighted by atomic mass is 10.2. The van der Waals surface area contributed by atoms with Crippen LogP contribution < -0.4 is 5.73 Å². The van der Waals surface area contributed by atoms with Crippen molar-refractivity contribution in [2.75, 3.05) is 14.2 Å². The van der Waals surface area contributed by atoms with Crippen LogP contribution in [0.25, 0.3) is 0 Å². The maximum atomic E-state index is 4.93. The Morgan fingerprint density at radius 3 is 2.18 bits per heavy atom. The van der Waals surface area contributed by atoms with Gasteiger partial charge in [0.15, 0.2) is 0 Å². The Balaban J connectivity index is 0.000000461. The third kappa shape index (κ3) is 4.53. The molecule has 2 heteroatoms. The summed E-state index contributed by atoms with van der Waals surface area (Å²) in [6, 6.07) is 10.1. The smallest absolute Gasteiger partial charge is 0.0713 e. The van der Waals surface area contributed by atoms with Crippen LogP contribution in [0.1, 0.15) is 5.56 Å². The van der Waals surface area contributed by atoms with E-state index in [0.29, 0.717) is 6.61 Å². The van der Waals surface area contributed by atoms with Crippen LogP contribution in [0.4, 0.5) is 0 Å². The van der Waals surface area contributed by atoms with E-state index in [9.17, 15) is 0 Å². The monoisotopic (exact) mass is 153 g/mol. The standard InChI is InChI=1S/C8H10O.CH5N/c1-9-7-8-5-3-2-4-6-8;1-2/h2-6H,7H2,1H3;2H2,1H3. The first-order valence-corrected chi connectivity index (χ1v) is 3.54. The molecule has 62 valence electrons. The molecule has 0 radical (unpaired) electrons. The van der Waals surface area contributed by atoms with E-state index >= 15 is 0 Å². The topological polar surface area (TPSA) is 35.2 Å². The van der Waals surface area contributed by atoms with Crippen molar-refractivity contribution in [2.24, 2.45) is 5.73 Å². The lowest BCUT2D eigenvalue weighted by molar-refractivity contribution is 0.185. The highest BCUT2D eigenvalue weighted by atomic mass is 16.5. The second kappa shape index (κ2) is 7.25. The van der Waals surface area contributed by atoms with E-state index in [1.54, 1.807) is 7.11 Å². The van der Waals surface area contributed by atoms with Crippen molar-refractivity contribution < 1.29 is 4.74 Å². The Labute approximate surface area is 68.0 Å². The largest absolute Gasteiger partial charge is 0.380 e. The number of nitrogens with two attached hydrogens (primary N) is 1. The summed E-state index contributed by atoms with van der Waals surface area (Å²) in [5, 5.41) is 0. The minimum atomic E-state index is 0.709. The molecule has 0 saturated carbocycles. The molecule has 0 atom stereocenters. The molecule has 1 aromatic rings. The molecule has 1 aromatic carbocycles. The molecule has 0 aliphatic heterocycles. The minimum absolute atomic E-state index is 0.709. The van der Waals surface area contributed by atoms with Crippen LogP contribution >= 0.6 is 0 Å². The summed E-state index contributed by atoms with van der Waals surface area (Å²) in [5.41, 5.74) is 5.72. The van der Waals surface area contributed by atoms with Crippen LogP contribution in [-0.4, -0.2) is 14.2 Å². The van der Waals surface area contributed by atoms with Crippen LogP contribution in [0.15, 0.2) is 30.3 Å². The van der Waals surface area contributed by atoms with E-state index in [1.165, 1.54) is 12.6 Å². The van der Waals surface area contributed by atoms with Crippen molar-refractivity contribution in [1.29, 1.82) is 0 Å². The summed E-state index contributed by atoms with van der Waals surface area (Å²) in [6.07, 6.45) is 0. The summed E-state index contributed by atoms with van der Waals surface area (Å²) in [7, 11) is 3.20. The van der Waals surface area contributed by atoms with Gasteiger partial charge in [-0.05, 0) is 12.6 Å². The number of hydrogen-bond acceptors (Lipinski definition) is 2. The zero-order valence-electron chi connectivity index (χ0n) is 7.08. The highest BCUT2D eigenvalue weighted by Gasteiger charge is 1.84. The van der Waals surface area contributed by atoms with E-state index in [-0.39, 0.29) is 0 Å². The van der Waals surface area contributed by atoms with E-state index in [1.807, 2.05) is 30.3 Å². The predicted molar refractivity (Wildman–Crippen MR) is 47.3 cm³/mol. The van der Waals surface area contributed by atoms with Crippen molar-refractivity contribution in [1.82, 2.24) is 0 Å². The van der Waals surface area contributed by atoms with Crippen molar-refractivity contribution in [2.45, 2.75) is 6.61 Å². The van der Waals surface area contributed by atoms with Crippen LogP contribution in [0.3, 0.4) is 0 Å². The molecule has 0 spiro atoms. The second-order valence-electron chi connectivity index (χ2n) is 1.92. The van der Waals surface area contributed by atoms with Gasteiger partial charge < -0.3 is 10.5 Å². The van der Waals surface area contributed by atoms with Gasteiger partial charge in [-0.25, -0.2) is 0 Å². The first-order chi connectivity index (χ1) is 5.43. The lowest BCUT2D eigenvalue weighted by Gasteiger charge is -1.95. The van der Waals surface area contributed by atoms with E-state index in [2.05, 4.69) is 5.73 Å². The zero-order valence-corrected chi connectivity index (χ0v) is 7.08. The predicted octanol–water partition coefficient (Wildman–Crippen LogP) is 1.41. The SMILES string of the molecule is CN.COCc1ccccc1. The first-order valence-electron chi connectivity index (χ1n) is 3.54. The zero-order chi connectivity index (χ0) is 8.53. The van der Waals surface area contributed by atoms with E-state index in [0.717, 1.165) is 0 Å². The van der Waals surface area contributed by atoms with Crippen LogP contribution in [0.2, 0.25) is 0 Å². The number of hydrogen-bond donors (Lipinski definition) is 1. The van der Waals surface area contributed by atoms with E-state index < -0.39 is 0 Å². The second-order valence-corrected chi connectivity index (χ2v) is 1.92. The molecule has 0 amide bonds. The van der Waals surface area contributed by atoms with E-state index in [4.69, 9.17) is 4.74 Å². The Kier molecular flexibility index (Phi) is 6.68.